The maximum absolute atomic E-state index is 4.98. The van der Waals surface area contributed by atoms with Crippen LogP contribution in [0.2, 0.25) is 0 Å². The third-order valence-corrected chi connectivity index (χ3v) is 2.56. The van der Waals surface area contributed by atoms with Crippen molar-refractivity contribution in [2.75, 3.05) is 11.9 Å². The third kappa shape index (κ3) is 3.15. The lowest BCUT2D eigenvalue weighted by molar-refractivity contribution is 0.370. The Morgan fingerprint density at radius 1 is 1.29 bits per heavy atom. The quantitative estimate of drug-likeness (QED) is 0.824. The summed E-state index contributed by atoms with van der Waals surface area (Å²) in [5.74, 6) is 0.796. The van der Waals surface area contributed by atoms with Gasteiger partial charge in [0.15, 0.2) is 0 Å². The van der Waals surface area contributed by atoms with E-state index in [9.17, 15) is 0 Å². The van der Waals surface area contributed by atoms with Crippen LogP contribution in [0.1, 0.15) is 33.6 Å². The van der Waals surface area contributed by atoms with E-state index in [-0.39, 0.29) is 0 Å². The Labute approximate surface area is 101 Å². The van der Waals surface area contributed by atoms with Gasteiger partial charge >= 0.3 is 0 Å². The van der Waals surface area contributed by atoms with Gasteiger partial charge in [-0.2, -0.15) is 4.98 Å². The Hall–Kier alpha value is -1.65. The normalized spacial score (nSPS) is 11.9. The fourth-order valence-electron chi connectivity index (χ4n) is 1.66. The molecule has 17 heavy (non-hydrogen) atoms. The molecule has 5 nitrogen and oxygen atoms in total. The number of nitrogens with zero attached hydrogens (tertiary/aromatic N) is 3. The molecule has 0 aliphatic carbocycles. The van der Waals surface area contributed by atoms with Crippen LogP contribution in [0.25, 0.3) is 11.1 Å². The number of hydrogen-bond donors (Lipinski definition) is 1. The Morgan fingerprint density at radius 2 is 2.12 bits per heavy atom. The minimum Gasteiger partial charge on any atom is -0.369 e. The standard InChI is InChI=1S/C12H18N4O/c1-12(2,3)5-4-6-13-10-9-7-16-17-11(9)15-8-14-10/h7-8H,4-6H2,1-3H3,(H,13,14,15). The maximum atomic E-state index is 4.98. The van der Waals surface area contributed by atoms with Crippen molar-refractivity contribution >= 4 is 16.9 Å². The second-order valence-corrected chi connectivity index (χ2v) is 5.36. The van der Waals surface area contributed by atoms with E-state index in [4.69, 9.17) is 4.52 Å². The molecule has 2 rings (SSSR count). The van der Waals surface area contributed by atoms with Crippen LogP contribution in [0.3, 0.4) is 0 Å². The summed E-state index contributed by atoms with van der Waals surface area (Å²) in [5, 5.41) is 7.84. The van der Waals surface area contributed by atoms with Gasteiger partial charge in [-0.3, -0.25) is 0 Å². The van der Waals surface area contributed by atoms with Crippen LogP contribution in [0, 0.1) is 5.41 Å². The van der Waals surface area contributed by atoms with Gasteiger partial charge in [0.2, 0.25) is 0 Å². The third-order valence-electron chi connectivity index (χ3n) is 2.56. The maximum Gasteiger partial charge on any atom is 0.262 e. The average molecular weight is 234 g/mol. The van der Waals surface area contributed by atoms with Gasteiger partial charge in [-0.05, 0) is 18.3 Å². The van der Waals surface area contributed by atoms with E-state index in [0.29, 0.717) is 11.1 Å². The lowest BCUT2D eigenvalue weighted by atomic mass is 9.91. The van der Waals surface area contributed by atoms with Gasteiger partial charge in [0, 0.05) is 6.54 Å². The summed E-state index contributed by atoms with van der Waals surface area (Å²) in [6.45, 7) is 7.64. The van der Waals surface area contributed by atoms with Crippen molar-refractivity contribution in [3.8, 4) is 0 Å². The average Bonchev–Trinajstić information content (AvgIpc) is 2.71. The van der Waals surface area contributed by atoms with Crippen molar-refractivity contribution in [2.24, 2.45) is 5.41 Å². The first-order valence-electron chi connectivity index (χ1n) is 5.85. The second-order valence-electron chi connectivity index (χ2n) is 5.36. The van der Waals surface area contributed by atoms with E-state index in [1.54, 1.807) is 6.20 Å². The van der Waals surface area contributed by atoms with Crippen LogP contribution < -0.4 is 5.32 Å². The Morgan fingerprint density at radius 3 is 2.88 bits per heavy atom. The predicted molar refractivity (Wildman–Crippen MR) is 66.8 cm³/mol. The number of rotatable bonds is 4. The van der Waals surface area contributed by atoms with Crippen molar-refractivity contribution in [3.63, 3.8) is 0 Å². The zero-order valence-corrected chi connectivity index (χ0v) is 10.5. The summed E-state index contributed by atoms with van der Waals surface area (Å²) >= 11 is 0. The zero-order chi connectivity index (χ0) is 12.3. The number of aromatic nitrogens is 3. The minimum atomic E-state index is 0.375. The Bertz CT molecular complexity index is 486. The lowest BCUT2D eigenvalue weighted by Gasteiger charge is -2.17. The molecule has 92 valence electrons. The smallest absolute Gasteiger partial charge is 0.262 e. The molecular formula is C12H18N4O. The molecule has 0 atom stereocenters. The van der Waals surface area contributed by atoms with Gasteiger partial charge in [0.1, 0.15) is 17.5 Å². The molecule has 0 bridgehead atoms. The largest absolute Gasteiger partial charge is 0.369 e. The van der Waals surface area contributed by atoms with E-state index in [1.165, 1.54) is 12.7 Å². The number of fused-ring (bicyclic) bond motifs is 1. The molecule has 0 amide bonds. The summed E-state index contributed by atoms with van der Waals surface area (Å²) in [7, 11) is 0. The summed E-state index contributed by atoms with van der Waals surface area (Å²) in [6, 6.07) is 0. The van der Waals surface area contributed by atoms with E-state index < -0.39 is 0 Å². The van der Waals surface area contributed by atoms with Crippen molar-refractivity contribution in [3.05, 3.63) is 12.5 Å². The van der Waals surface area contributed by atoms with Crippen LogP contribution in [0.5, 0.6) is 0 Å². The second kappa shape index (κ2) is 4.69. The highest BCUT2D eigenvalue weighted by Crippen LogP contribution is 2.21. The van der Waals surface area contributed by atoms with Gasteiger partial charge in [-0.25, -0.2) is 4.98 Å². The molecule has 0 aromatic carbocycles. The molecule has 0 aliphatic rings. The van der Waals surface area contributed by atoms with Gasteiger partial charge in [0.25, 0.3) is 5.71 Å². The van der Waals surface area contributed by atoms with Crippen LogP contribution in [0.15, 0.2) is 17.0 Å². The predicted octanol–water partition coefficient (Wildman–Crippen LogP) is 2.86. The molecule has 2 aromatic rings. The van der Waals surface area contributed by atoms with E-state index in [2.05, 4.69) is 41.2 Å². The molecule has 1 N–H and O–H groups in total. The van der Waals surface area contributed by atoms with Crippen LogP contribution in [-0.4, -0.2) is 21.7 Å². The highest BCUT2D eigenvalue weighted by molar-refractivity contribution is 5.83. The molecule has 0 saturated carbocycles. The van der Waals surface area contributed by atoms with E-state index >= 15 is 0 Å². The fourth-order valence-corrected chi connectivity index (χ4v) is 1.66. The van der Waals surface area contributed by atoms with Gasteiger partial charge in [0.05, 0.1) is 6.20 Å². The zero-order valence-electron chi connectivity index (χ0n) is 10.5. The fraction of sp³-hybridized carbons (Fsp3) is 0.583. The minimum absolute atomic E-state index is 0.375. The Balaban J connectivity index is 1.93. The summed E-state index contributed by atoms with van der Waals surface area (Å²) in [4.78, 5) is 8.18. The monoisotopic (exact) mass is 234 g/mol. The summed E-state index contributed by atoms with van der Waals surface area (Å²) < 4.78 is 4.98. The van der Waals surface area contributed by atoms with Crippen LogP contribution >= 0.6 is 0 Å². The van der Waals surface area contributed by atoms with Gasteiger partial charge in [-0.1, -0.05) is 25.9 Å². The lowest BCUT2D eigenvalue weighted by Crippen LogP contribution is -2.10. The van der Waals surface area contributed by atoms with Crippen molar-refractivity contribution in [1.82, 2.24) is 15.1 Å². The number of anilines is 1. The van der Waals surface area contributed by atoms with Gasteiger partial charge in [-0.15, -0.1) is 0 Å². The molecule has 2 heterocycles. The topological polar surface area (TPSA) is 63.8 Å². The van der Waals surface area contributed by atoms with Crippen molar-refractivity contribution in [2.45, 2.75) is 33.6 Å². The summed E-state index contributed by atoms with van der Waals surface area (Å²) in [6.07, 6.45) is 5.42. The van der Waals surface area contributed by atoms with Crippen LogP contribution in [-0.2, 0) is 0 Å². The van der Waals surface area contributed by atoms with Crippen molar-refractivity contribution in [1.29, 1.82) is 0 Å². The van der Waals surface area contributed by atoms with Gasteiger partial charge < -0.3 is 9.84 Å². The molecule has 0 fully saturated rings. The molecule has 2 aromatic heterocycles. The summed E-state index contributed by atoms with van der Waals surface area (Å²) in [5.41, 5.74) is 0.901. The molecule has 0 saturated heterocycles. The molecule has 0 unspecified atom stereocenters. The SMILES string of the molecule is CC(C)(C)CCCNc1ncnc2oncc12. The molecule has 0 aliphatic heterocycles. The van der Waals surface area contributed by atoms with Crippen LogP contribution in [0.4, 0.5) is 5.82 Å². The first-order valence-corrected chi connectivity index (χ1v) is 5.85. The van der Waals surface area contributed by atoms with E-state index in [0.717, 1.165) is 24.2 Å². The highest BCUT2D eigenvalue weighted by Gasteiger charge is 2.10. The highest BCUT2D eigenvalue weighted by atomic mass is 16.5. The Kier molecular flexibility index (Phi) is 3.26. The number of hydrogen-bond acceptors (Lipinski definition) is 5. The molecule has 0 spiro atoms. The first kappa shape index (κ1) is 11.8. The molecule has 0 radical (unpaired) electrons. The van der Waals surface area contributed by atoms with E-state index in [1.807, 2.05) is 0 Å². The molecular weight excluding hydrogens is 216 g/mol. The van der Waals surface area contributed by atoms with Crippen molar-refractivity contribution < 1.29 is 4.52 Å². The first-order chi connectivity index (χ1) is 8.06. The number of nitrogens with one attached hydrogen (secondary N) is 1. The molecule has 5 heteroatoms.